The van der Waals surface area contributed by atoms with Gasteiger partial charge in [-0.15, -0.1) is 0 Å². The van der Waals surface area contributed by atoms with Crippen LogP contribution in [-0.2, 0) is 9.53 Å². The van der Waals surface area contributed by atoms with E-state index in [-0.39, 0.29) is 23.2 Å². The van der Waals surface area contributed by atoms with Gasteiger partial charge in [0.15, 0.2) is 0 Å². The molecule has 1 atom stereocenters. The topological polar surface area (TPSA) is 29.5 Å². The second-order valence-electron chi connectivity index (χ2n) is 7.64. The number of hydrogen-bond acceptors (Lipinski definition) is 4. The molecule has 0 aromatic rings. The normalized spacial score (nSPS) is 26.0. The standard InChI is InChI=1S/C16H31NO2S/c1-8-9-16(6,20)13(18)19-12-10-14(2,3)17(7)15(4,5)11-12/h12,20H,8-11H2,1-7H3. The molecule has 1 rings (SSSR count). The van der Waals surface area contributed by atoms with Crippen LogP contribution in [0.3, 0.4) is 0 Å². The van der Waals surface area contributed by atoms with Gasteiger partial charge in [-0.05, 0) is 48.1 Å². The third kappa shape index (κ3) is 3.91. The van der Waals surface area contributed by atoms with Crippen LogP contribution in [0.25, 0.3) is 0 Å². The number of esters is 1. The molecule has 0 N–H and O–H groups in total. The molecular formula is C16H31NO2S. The van der Waals surface area contributed by atoms with Crippen molar-refractivity contribution in [1.82, 2.24) is 4.90 Å². The summed E-state index contributed by atoms with van der Waals surface area (Å²) in [5.74, 6) is -0.177. The Bertz CT molecular complexity index is 345. The van der Waals surface area contributed by atoms with Crippen molar-refractivity contribution in [3.05, 3.63) is 0 Å². The zero-order valence-corrected chi connectivity index (χ0v) is 15.0. The summed E-state index contributed by atoms with van der Waals surface area (Å²) in [4.78, 5) is 14.7. The average Bonchev–Trinajstić information content (AvgIpc) is 2.24. The van der Waals surface area contributed by atoms with Crippen LogP contribution in [0.1, 0.15) is 67.2 Å². The minimum atomic E-state index is -0.674. The fourth-order valence-electron chi connectivity index (χ4n) is 3.23. The lowest BCUT2D eigenvalue weighted by Crippen LogP contribution is -2.60. The van der Waals surface area contributed by atoms with E-state index in [0.717, 1.165) is 25.7 Å². The summed E-state index contributed by atoms with van der Waals surface area (Å²) in [6, 6.07) is 0. The number of rotatable bonds is 4. The first-order valence-corrected chi connectivity index (χ1v) is 8.04. The first kappa shape index (κ1) is 17.8. The maximum Gasteiger partial charge on any atom is 0.321 e. The Morgan fingerprint density at radius 2 is 1.75 bits per heavy atom. The van der Waals surface area contributed by atoms with Gasteiger partial charge in [-0.2, -0.15) is 12.6 Å². The number of thiol groups is 1. The van der Waals surface area contributed by atoms with Crippen molar-refractivity contribution in [3.8, 4) is 0 Å². The largest absolute Gasteiger partial charge is 0.461 e. The highest BCUT2D eigenvalue weighted by Crippen LogP contribution is 2.38. The number of carbonyl (C=O) groups excluding carboxylic acids is 1. The molecule has 0 aromatic carbocycles. The summed E-state index contributed by atoms with van der Waals surface area (Å²) >= 11 is 4.48. The van der Waals surface area contributed by atoms with E-state index in [0.29, 0.717) is 0 Å². The lowest BCUT2D eigenvalue weighted by molar-refractivity contribution is -0.161. The van der Waals surface area contributed by atoms with Crippen molar-refractivity contribution in [3.63, 3.8) is 0 Å². The van der Waals surface area contributed by atoms with Crippen LogP contribution in [0.15, 0.2) is 0 Å². The van der Waals surface area contributed by atoms with Crippen LogP contribution < -0.4 is 0 Å². The molecule has 0 aromatic heterocycles. The molecule has 1 saturated heterocycles. The van der Waals surface area contributed by atoms with Gasteiger partial charge in [-0.1, -0.05) is 13.3 Å². The Kier molecular flexibility index (Phi) is 5.24. The zero-order valence-electron chi connectivity index (χ0n) is 14.1. The number of piperidine rings is 1. The smallest absolute Gasteiger partial charge is 0.321 e. The van der Waals surface area contributed by atoms with E-state index < -0.39 is 4.75 Å². The van der Waals surface area contributed by atoms with Gasteiger partial charge in [0.2, 0.25) is 0 Å². The van der Waals surface area contributed by atoms with Crippen molar-refractivity contribution in [2.75, 3.05) is 7.05 Å². The van der Waals surface area contributed by atoms with Crippen LogP contribution in [-0.4, -0.2) is 39.8 Å². The highest BCUT2D eigenvalue weighted by molar-refractivity contribution is 7.82. The fraction of sp³-hybridized carbons (Fsp3) is 0.938. The van der Waals surface area contributed by atoms with Crippen molar-refractivity contribution in [1.29, 1.82) is 0 Å². The van der Waals surface area contributed by atoms with Crippen LogP contribution >= 0.6 is 12.6 Å². The maximum atomic E-state index is 12.3. The molecule has 0 saturated carbocycles. The van der Waals surface area contributed by atoms with E-state index in [2.05, 4.69) is 59.2 Å². The monoisotopic (exact) mass is 301 g/mol. The van der Waals surface area contributed by atoms with Gasteiger partial charge < -0.3 is 4.74 Å². The van der Waals surface area contributed by atoms with Crippen molar-refractivity contribution in [2.45, 2.75) is 89.2 Å². The molecule has 1 aliphatic heterocycles. The lowest BCUT2D eigenvalue weighted by Gasteiger charge is -2.53. The predicted octanol–water partition coefficient (Wildman–Crippen LogP) is 3.67. The van der Waals surface area contributed by atoms with Crippen molar-refractivity contribution < 1.29 is 9.53 Å². The van der Waals surface area contributed by atoms with E-state index in [9.17, 15) is 4.79 Å². The molecule has 1 fully saturated rings. The molecule has 20 heavy (non-hydrogen) atoms. The summed E-state index contributed by atoms with van der Waals surface area (Å²) < 4.78 is 5.11. The molecule has 4 heteroatoms. The van der Waals surface area contributed by atoms with Gasteiger partial charge in [0.25, 0.3) is 0 Å². The van der Waals surface area contributed by atoms with Gasteiger partial charge in [0.05, 0.1) is 0 Å². The third-order valence-corrected chi connectivity index (χ3v) is 5.13. The van der Waals surface area contributed by atoms with Crippen molar-refractivity contribution >= 4 is 18.6 Å². The minimum Gasteiger partial charge on any atom is -0.461 e. The van der Waals surface area contributed by atoms with Gasteiger partial charge in [-0.25, -0.2) is 0 Å². The van der Waals surface area contributed by atoms with Gasteiger partial charge >= 0.3 is 5.97 Å². The second-order valence-corrected chi connectivity index (χ2v) is 8.63. The number of carbonyl (C=O) groups is 1. The van der Waals surface area contributed by atoms with E-state index >= 15 is 0 Å². The molecule has 3 nitrogen and oxygen atoms in total. The molecule has 0 amide bonds. The molecule has 0 bridgehead atoms. The van der Waals surface area contributed by atoms with Crippen LogP contribution in [0.2, 0.25) is 0 Å². The molecule has 0 spiro atoms. The van der Waals surface area contributed by atoms with E-state index in [1.165, 1.54) is 0 Å². The molecule has 1 unspecified atom stereocenters. The van der Waals surface area contributed by atoms with E-state index in [1.807, 2.05) is 6.92 Å². The third-order valence-electron chi connectivity index (χ3n) is 4.72. The predicted molar refractivity (Wildman–Crippen MR) is 87.3 cm³/mol. The summed E-state index contributed by atoms with van der Waals surface area (Å²) in [7, 11) is 2.15. The highest BCUT2D eigenvalue weighted by atomic mass is 32.1. The Balaban J connectivity index is 2.77. The molecule has 0 aliphatic carbocycles. The Morgan fingerprint density at radius 1 is 1.30 bits per heavy atom. The summed E-state index contributed by atoms with van der Waals surface area (Å²) in [5, 5.41) is 0. The van der Waals surface area contributed by atoms with Gasteiger partial charge in [0.1, 0.15) is 10.9 Å². The van der Waals surface area contributed by atoms with Crippen LogP contribution in [0.5, 0.6) is 0 Å². The van der Waals surface area contributed by atoms with Gasteiger partial charge in [0, 0.05) is 23.9 Å². The highest BCUT2D eigenvalue weighted by Gasteiger charge is 2.45. The van der Waals surface area contributed by atoms with Crippen LogP contribution in [0, 0.1) is 0 Å². The second kappa shape index (κ2) is 5.88. The molecule has 118 valence electrons. The lowest BCUT2D eigenvalue weighted by atomic mass is 9.78. The summed E-state index contributed by atoms with van der Waals surface area (Å²) in [5.41, 5.74) is 0.0644. The first-order valence-electron chi connectivity index (χ1n) is 7.60. The first-order chi connectivity index (χ1) is 8.92. The van der Waals surface area contributed by atoms with E-state index in [4.69, 9.17) is 4.74 Å². The quantitative estimate of drug-likeness (QED) is 0.634. The summed E-state index contributed by atoms with van der Waals surface area (Å²) in [6.07, 6.45) is 3.39. The fourth-order valence-corrected chi connectivity index (χ4v) is 3.51. The molecule has 0 radical (unpaired) electrons. The minimum absolute atomic E-state index is 0.0213. The SMILES string of the molecule is CCCC(C)(S)C(=O)OC1CC(C)(C)N(C)C(C)(C)C1. The number of likely N-dealkylation sites (tertiary alicyclic amines) is 1. The van der Waals surface area contributed by atoms with Crippen molar-refractivity contribution in [2.24, 2.45) is 0 Å². The maximum absolute atomic E-state index is 12.3. The van der Waals surface area contributed by atoms with Gasteiger partial charge in [-0.3, -0.25) is 9.69 Å². The average molecular weight is 301 g/mol. The molecule has 1 heterocycles. The number of ether oxygens (including phenoxy) is 1. The Labute approximate surface area is 129 Å². The summed E-state index contributed by atoms with van der Waals surface area (Å²) in [6.45, 7) is 12.7. The molecular weight excluding hydrogens is 270 g/mol. The van der Waals surface area contributed by atoms with Crippen LogP contribution in [0.4, 0.5) is 0 Å². The number of hydrogen-bond donors (Lipinski definition) is 1. The number of nitrogens with zero attached hydrogens (tertiary/aromatic N) is 1. The molecule has 1 aliphatic rings. The van der Waals surface area contributed by atoms with E-state index in [1.54, 1.807) is 0 Å². The zero-order chi connectivity index (χ0) is 15.8. The Morgan fingerprint density at radius 3 is 2.15 bits per heavy atom. The Hall–Kier alpha value is -0.220.